The van der Waals surface area contributed by atoms with E-state index in [1.807, 2.05) is 13.8 Å². The second-order valence-corrected chi connectivity index (χ2v) is 4.47. The second kappa shape index (κ2) is 3.10. The zero-order valence-electron chi connectivity index (χ0n) is 8.62. The highest BCUT2D eigenvalue weighted by atomic mass is 16.7. The number of hydrogen-bond acceptors (Lipinski definition) is 2. The summed E-state index contributed by atoms with van der Waals surface area (Å²) in [5.41, 5.74) is 0. The van der Waals surface area contributed by atoms with Crippen molar-refractivity contribution in [3.8, 4) is 0 Å². The monoisotopic (exact) mass is 182 g/mol. The molecule has 74 valence electrons. The molecule has 2 nitrogen and oxygen atoms in total. The van der Waals surface area contributed by atoms with Crippen LogP contribution in [-0.4, -0.2) is 18.0 Å². The molecule has 0 spiro atoms. The topological polar surface area (TPSA) is 18.5 Å². The van der Waals surface area contributed by atoms with Gasteiger partial charge in [0.25, 0.3) is 0 Å². The Morgan fingerprint density at radius 2 is 2.08 bits per heavy atom. The molecule has 0 saturated carbocycles. The predicted octanol–water partition coefficient (Wildman–Crippen LogP) is 2.49. The Morgan fingerprint density at radius 1 is 1.31 bits per heavy atom. The molecule has 1 heterocycles. The predicted molar refractivity (Wildman–Crippen MR) is 51.4 cm³/mol. The SMILES string of the molecule is CC1OC(C)(C)OC2C=CCCC12. The molecule has 2 heteroatoms. The van der Waals surface area contributed by atoms with E-state index < -0.39 is 5.79 Å². The first-order chi connectivity index (χ1) is 6.08. The average Bonchev–Trinajstić information content (AvgIpc) is 2.02. The van der Waals surface area contributed by atoms with Gasteiger partial charge in [0.15, 0.2) is 5.79 Å². The molecule has 0 radical (unpaired) electrons. The van der Waals surface area contributed by atoms with Crippen LogP contribution in [0.3, 0.4) is 0 Å². The molecule has 1 aliphatic carbocycles. The molecule has 1 fully saturated rings. The third kappa shape index (κ3) is 1.79. The van der Waals surface area contributed by atoms with Gasteiger partial charge in [0.1, 0.15) is 0 Å². The molecule has 1 saturated heterocycles. The third-order valence-electron chi connectivity index (χ3n) is 2.91. The summed E-state index contributed by atoms with van der Waals surface area (Å²) < 4.78 is 11.6. The third-order valence-corrected chi connectivity index (χ3v) is 2.91. The zero-order valence-corrected chi connectivity index (χ0v) is 8.62. The minimum Gasteiger partial charge on any atom is -0.347 e. The van der Waals surface area contributed by atoms with Crippen LogP contribution in [0.25, 0.3) is 0 Å². The maximum absolute atomic E-state index is 5.84. The van der Waals surface area contributed by atoms with Gasteiger partial charge in [-0.3, -0.25) is 0 Å². The van der Waals surface area contributed by atoms with Crippen LogP contribution < -0.4 is 0 Å². The highest BCUT2D eigenvalue weighted by molar-refractivity contribution is 5.02. The van der Waals surface area contributed by atoms with Gasteiger partial charge < -0.3 is 9.47 Å². The number of fused-ring (bicyclic) bond motifs is 1. The van der Waals surface area contributed by atoms with E-state index in [9.17, 15) is 0 Å². The lowest BCUT2D eigenvalue weighted by molar-refractivity contribution is -0.309. The van der Waals surface area contributed by atoms with Gasteiger partial charge in [-0.05, 0) is 33.6 Å². The van der Waals surface area contributed by atoms with E-state index in [1.165, 1.54) is 12.8 Å². The minimum absolute atomic E-state index is 0.271. The van der Waals surface area contributed by atoms with Gasteiger partial charge in [-0.1, -0.05) is 12.2 Å². The highest BCUT2D eigenvalue weighted by Gasteiger charge is 2.40. The maximum atomic E-state index is 5.84. The summed E-state index contributed by atoms with van der Waals surface area (Å²) in [7, 11) is 0. The standard InChI is InChI=1S/C11H18O2/c1-8-9-6-4-5-7-10(9)13-11(2,3)12-8/h5,7-10H,4,6H2,1-3H3. The van der Waals surface area contributed by atoms with Crippen LogP contribution in [0.1, 0.15) is 33.6 Å². The van der Waals surface area contributed by atoms with Crippen molar-refractivity contribution in [1.82, 2.24) is 0 Å². The summed E-state index contributed by atoms with van der Waals surface area (Å²) in [6.07, 6.45) is 7.35. The van der Waals surface area contributed by atoms with E-state index in [4.69, 9.17) is 9.47 Å². The van der Waals surface area contributed by atoms with Crippen molar-refractivity contribution in [3.05, 3.63) is 12.2 Å². The van der Waals surface area contributed by atoms with Gasteiger partial charge in [0.05, 0.1) is 12.2 Å². The summed E-state index contributed by atoms with van der Waals surface area (Å²) in [4.78, 5) is 0. The summed E-state index contributed by atoms with van der Waals surface area (Å²) in [5, 5.41) is 0. The van der Waals surface area contributed by atoms with Crippen LogP contribution in [0.4, 0.5) is 0 Å². The Labute approximate surface area is 79.9 Å². The van der Waals surface area contributed by atoms with Crippen molar-refractivity contribution in [3.63, 3.8) is 0 Å². The first kappa shape index (κ1) is 9.22. The van der Waals surface area contributed by atoms with Crippen LogP contribution in [0.5, 0.6) is 0 Å². The van der Waals surface area contributed by atoms with Crippen molar-refractivity contribution in [2.45, 2.75) is 51.6 Å². The summed E-state index contributed by atoms with van der Waals surface area (Å²) >= 11 is 0. The zero-order chi connectivity index (χ0) is 9.47. The number of rotatable bonds is 0. The smallest absolute Gasteiger partial charge is 0.163 e. The molecule has 13 heavy (non-hydrogen) atoms. The molecule has 1 aliphatic heterocycles. The van der Waals surface area contributed by atoms with Crippen molar-refractivity contribution in [2.24, 2.45) is 5.92 Å². The lowest BCUT2D eigenvalue weighted by Crippen LogP contribution is -2.49. The molecule has 3 unspecified atom stereocenters. The van der Waals surface area contributed by atoms with Crippen LogP contribution in [0.15, 0.2) is 12.2 Å². The molecule has 2 rings (SSSR count). The van der Waals surface area contributed by atoms with Crippen molar-refractivity contribution >= 4 is 0 Å². The Balaban J connectivity index is 2.15. The van der Waals surface area contributed by atoms with E-state index in [0.29, 0.717) is 12.0 Å². The fourth-order valence-corrected chi connectivity index (χ4v) is 2.35. The van der Waals surface area contributed by atoms with Gasteiger partial charge in [-0.25, -0.2) is 0 Å². The minimum atomic E-state index is -0.414. The molecule has 0 aromatic heterocycles. The number of hydrogen-bond donors (Lipinski definition) is 0. The van der Waals surface area contributed by atoms with Crippen molar-refractivity contribution in [1.29, 1.82) is 0 Å². The number of allylic oxidation sites excluding steroid dienone is 1. The molecule has 0 amide bonds. The lowest BCUT2D eigenvalue weighted by Gasteiger charge is -2.45. The molecule has 0 N–H and O–H groups in total. The number of ether oxygens (including phenoxy) is 2. The van der Waals surface area contributed by atoms with E-state index in [0.717, 1.165) is 0 Å². The summed E-state index contributed by atoms with van der Waals surface area (Å²) in [6, 6.07) is 0. The van der Waals surface area contributed by atoms with Gasteiger partial charge in [-0.15, -0.1) is 0 Å². The Morgan fingerprint density at radius 3 is 2.85 bits per heavy atom. The second-order valence-electron chi connectivity index (χ2n) is 4.47. The Bertz CT molecular complexity index is 220. The normalized spacial score (nSPS) is 42.8. The maximum Gasteiger partial charge on any atom is 0.163 e. The molecule has 0 aromatic rings. The van der Waals surface area contributed by atoms with Crippen molar-refractivity contribution < 1.29 is 9.47 Å². The van der Waals surface area contributed by atoms with E-state index >= 15 is 0 Å². The fraction of sp³-hybridized carbons (Fsp3) is 0.818. The average molecular weight is 182 g/mol. The molecule has 0 bridgehead atoms. The first-order valence-electron chi connectivity index (χ1n) is 5.11. The molecular formula is C11H18O2. The van der Waals surface area contributed by atoms with Gasteiger partial charge in [0, 0.05) is 5.92 Å². The van der Waals surface area contributed by atoms with Crippen LogP contribution in [0, 0.1) is 5.92 Å². The van der Waals surface area contributed by atoms with Crippen LogP contribution in [-0.2, 0) is 9.47 Å². The highest BCUT2D eigenvalue weighted by Crippen LogP contribution is 2.36. The molecule has 0 aromatic carbocycles. The van der Waals surface area contributed by atoms with Crippen LogP contribution in [0.2, 0.25) is 0 Å². The summed E-state index contributed by atoms with van der Waals surface area (Å²) in [6.45, 7) is 6.13. The van der Waals surface area contributed by atoms with E-state index in [2.05, 4.69) is 19.1 Å². The van der Waals surface area contributed by atoms with Gasteiger partial charge >= 0.3 is 0 Å². The van der Waals surface area contributed by atoms with Gasteiger partial charge in [0.2, 0.25) is 0 Å². The summed E-state index contributed by atoms with van der Waals surface area (Å²) in [5.74, 6) is 0.139. The van der Waals surface area contributed by atoms with Crippen molar-refractivity contribution in [2.75, 3.05) is 0 Å². The Kier molecular flexibility index (Phi) is 2.20. The first-order valence-corrected chi connectivity index (χ1v) is 5.11. The molecular weight excluding hydrogens is 164 g/mol. The quantitative estimate of drug-likeness (QED) is 0.536. The van der Waals surface area contributed by atoms with E-state index in [1.54, 1.807) is 0 Å². The fourth-order valence-electron chi connectivity index (χ4n) is 2.35. The lowest BCUT2D eigenvalue weighted by atomic mass is 9.86. The largest absolute Gasteiger partial charge is 0.347 e. The Hall–Kier alpha value is -0.340. The molecule has 3 atom stereocenters. The molecule has 2 aliphatic rings. The van der Waals surface area contributed by atoms with Gasteiger partial charge in [-0.2, -0.15) is 0 Å². The van der Waals surface area contributed by atoms with Crippen LogP contribution >= 0.6 is 0 Å². The van der Waals surface area contributed by atoms with E-state index in [-0.39, 0.29) is 6.10 Å².